The SMILES string of the molecule is O=[N+]([O-])c1cccc(C=Cc2cnc(Nc3cccnc3)nc2)c1. The Labute approximate surface area is 137 Å². The van der Waals surface area contributed by atoms with Gasteiger partial charge in [0.15, 0.2) is 0 Å². The Balaban J connectivity index is 1.70. The third kappa shape index (κ3) is 3.98. The highest BCUT2D eigenvalue weighted by Gasteiger charge is 2.03. The van der Waals surface area contributed by atoms with Crippen LogP contribution in [0, 0.1) is 10.1 Å². The number of hydrogen-bond acceptors (Lipinski definition) is 6. The molecule has 0 aliphatic heterocycles. The maximum Gasteiger partial charge on any atom is 0.270 e. The van der Waals surface area contributed by atoms with Crippen molar-refractivity contribution in [1.82, 2.24) is 15.0 Å². The number of anilines is 2. The molecule has 2 aromatic heterocycles. The summed E-state index contributed by atoms with van der Waals surface area (Å²) in [6, 6.07) is 10.1. The summed E-state index contributed by atoms with van der Waals surface area (Å²) in [6.45, 7) is 0. The topological polar surface area (TPSA) is 93.8 Å². The first-order valence-corrected chi connectivity index (χ1v) is 7.12. The van der Waals surface area contributed by atoms with E-state index >= 15 is 0 Å². The summed E-state index contributed by atoms with van der Waals surface area (Å²) >= 11 is 0. The summed E-state index contributed by atoms with van der Waals surface area (Å²) in [6.07, 6.45) is 10.3. The average molecular weight is 319 g/mol. The molecule has 0 saturated heterocycles. The number of nitrogens with one attached hydrogen (secondary N) is 1. The van der Waals surface area contributed by atoms with E-state index in [1.165, 1.54) is 12.1 Å². The molecule has 1 N–H and O–H groups in total. The van der Waals surface area contributed by atoms with Crippen molar-refractivity contribution in [3.8, 4) is 0 Å². The number of pyridine rings is 1. The zero-order valence-electron chi connectivity index (χ0n) is 12.5. The van der Waals surface area contributed by atoms with E-state index in [2.05, 4.69) is 20.3 Å². The van der Waals surface area contributed by atoms with Crippen molar-refractivity contribution >= 4 is 29.5 Å². The molecule has 1 aromatic carbocycles. The molecule has 24 heavy (non-hydrogen) atoms. The third-order valence-electron chi connectivity index (χ3n) is 3.14. The first-order valence-electron chi connectivity index (χ1n) is 7.12. The van der Waals surface area contributed by atoms with E-state index in [1.807, 2.05) is 12.1 Å². The minimum Gasteiger partial charge on any atom is -0.323 e. The second-order valence-electron chi connectivity index (χ2n) is 4.89. The molecule has 7 heteroatoms. The van der Waals surface area contributed by atoms with Crippen LogP contribution in [0.4, 0.5) is 17.3 Å². The van der Waals surface area contributed by atoms with Crippen LogP contribution in [-0.4, -0.2) is 19.9 Å². The Morgan fingerprint density at radius 1 is 1.00 bits per heavy atom. The fourth-order valence-corrected chi connectivity index (χ4v) is 1.99. The minimum atomic E-state index is -0.417. The van der Waals surface area contributed by atoms with Crippen molar-refractivity contribution in [3.63, 3.8) is 0 Å². The zero-order valence-corrected chi connectivity index (χ0v) is 12.5. The normalized spacial score (nSPS) is 10.7. The molecule has 0 radical (unpaired) electrons. The van der Waals surface area contributed by atoms with Crippen molar-refractivity contribution in [2.45, 2.75) is 0 Å². The lowest BCUT2D eigenvalue weighted by Crippen LogP contribution is -1.96. The Bertz CT molecular complexity index is 864. The molecule has 118 valence electrons. The second kappa shape index (κ2) is 7.10. The highest BCUT2D eigenvalue weighted by molar-refractivity contribution is 5.70. The summed E-state index contributed by atoms with van der Waals surface area (Å²) in [5.41, 5.74) is 2.39. The lowest BCUT2D eigenvalue weighted by Gasteiger charge is -2.03. The zero-order chi connectivity index (χ0) is 16.8. The molecule has 0 unspecified atom stereocenters. The van der Waals surface area contributed by atoms with Crippen molar-refractivity contribution in [2.75, 3.05) is 5.32 Å². The Hall–Kier alpha value is -3.61. The van der Waals surface area contributed by atoms with Crippen LogP contribution in [0.3, 0.4) is 0 Å². The van der Waals surface area contributed by atoms with Crippen LogP contribution in [0.1, 0.15) is 11.1 Å². The average Bonchev–Trinajstić information content (AvgIpc) is 2.62. The standard InChI is InChI=1S/C17H13N5O2/c23-22(24)16-5-1-3-13(9-16)6-7-14-10-19-17(20-11-14)21-15-4-2-8-18-12-15/h1-12H,(H,19,20,21). The number of non-ortho nitro benzene ring substituents is 1. The lowest BCUT2D eigenvalue weighted by atomic mass is 10.1. The van der Waals surface area contributed by atoms with Crippen molar-refractivity contribution in [2.24, 2.45) is 0 Å². The van der Waals surface area contributed by atoms with Gasteiger partial charge < -0.3 is 5.32 Å². The van der Waals surface area contributed by atoms with Gasteiger partial charge in [0.05, 0.1) is 16.8 Å². The maximum absolute atomic E-state index is 10.8. The van der Waals surface area contributed by atoms with Gasteiger partial charge in [-0.3, -0.25) is 15.1 Å². The van der Waals surface area contributed by atoms with E-state index in [9.17, 15) is 10.1 Å². The smallest absolute Gasteiger partial charge is 0.270 e. The summed E-state index contributed by atoms with van der Waals surface area (Å²) in [5.74, 6) is 0.468. The second-order valence-corrected chi connectivity index (χ2v) is 4.89. The van der Waals surface area contributed by atoms with Gasteiger partial charge in [-0.2, -0.15) is 0 Å². The first-order chi connectivity index (χ1) is 11.7. The number of aromatic nitrogens is 3. The van der Waals surface area contributed by atoms with E-state index in [0.717, 1.165) is 16.8 Å². The summed E-state index contributed by atoms with van der Waals surface area (Å²) in [4.78, 5) is 22.8. The molecule has 0 aliphatic rings. The van der Waals surface area contributed by atoms with E-state index in [-0.39, 0.29) is 5.69 Å². The predicted molar refractivity (Wildman–Crippen MR) is 91.6 cm³/mol. The van der Waals surface area contributed by atoms with E-state index < -0.39 is 4.92 Å². The molecular formula is C17H13N5O2. The number of nitrogens with zero attached hydrogens (tertiary/aromatic N) is 4. The maximum atomic E-state index is 10.8. The number of rotatable bonds is 5. The molecule has 0 amide bonds. The highest BCUT2D eigenvalue weighted by atomic mass is 16.6. The molecule has 2 heterocycles. The van der Waals surface area contributed by atoms with Gasteiger partial charge in [0.2, 0.25) is 5.95 Å². The van der Waals surface area contributed by atoms with Crippen LogP contribution in [-0.2, 0) is 0 Å². The monoisotopic (exact) mass is 319 g/mol. The minimum absolute atomic E-state index is 0.0596. The van der Waals surface area contributed by atoms with Gasteiger partial charge in [-0.1, -0.05) is 24.3 Å². The van der Waals surface area contributed by atoms with Crippen molar-refractivity contribution in [3.05, 3.63) is 82.4 Å². The van der Waals surface area contributed by atoms with Crippen LogP contribution in [0.25, 0.3) is 12.2 Å². The van der Waals surface area contributed by atoms with Crippen LogP contribution in [0.2, 0.25) is 0 Å². The predicted octanol–water partition coefficient (Wildman–Crippen LogP) is 3.69. The molecule has 0 fully saturated rings. The van der Waals surface area contributed by atoms with Crippen LogP contribution < -0.4 is 5.32 Å². The van der Waals surface area contributed by atoms with Gasteiger partial charge in [-0.15, -0.1) is 0 Å². The molecule has 3 aromatic rings. The summed E-state index contributed by atoms with van der Waals surface area (Å²) in [5, 5.41) is 13.8. The van der Waals surface area contributed by atoms with Gasteiger partial charge in [-0.05, 0) is 17.7 Å². The van der Waals surface area contributed by atoms with Gasteiger partial charge in [-0.25, -0.2) is 9.97 Å². The molecular weight excluding hydrogens is 306 g/mol. The van der Waals surface area contributed by atoms with Gasteiger partial charge in [0.1, 0.15) is 0 Å². The Morgan fingerprint density at radius 2 is 1.79 bits per heavy atom. The quantitative estimate of drug-likeness (QED) is 0.569. The number of benzene rings is 1. The van der Waals surface area contributed by atoms with Gasteiger partial charge >= 0.3 is 0 Å². The Kier molecular flexibility index (Phi) is 4.52. The van der Waals surface area contributed by atoms with Crippen LogP contribution in [0.5, 0.6) is 0 Å². The van der Waals surface area contributed by atoms with Gasteiger partial charge in [0.25, 0.3) is 5.69 Å². The molecule has 0 spiro atoms. The van der Waals surface area contributed by atoms with Crippen molar-refractivity contribution < 1.29 is 4.92 Å². The Morgan fingerprint density at radius 3 is 2.50 bits per heavy atom. The third-order valence-corrected chi connectivity index (χ3v) is 3.14. The number of nitro groups is 1. The fraction of sp³-hybridized carbons (Fsp3) is 0. The van der Waals surface area contributed by atoms with E-state index in [0.29, 0.717) is 5.95 Å². The molecule has 0 atom stereocenters. The molecule has 0 saturated carbocycles. The molecule has 7 nitrogen and oxygen atoms in total. The summed E-state index contributed by atoms with van der Waals surface area (Å²) in [7, 11) is 0. The van der Waals surface area contributed by atoms with Crippen molar-refractivity contribution in [1.29, 1.82) is 0 Å². The number of nitro benzene ring substituents is 1. The van der Waals surface area contributed by atoms with Gasteiger partial charge in [0, 0.05) is 36.3 Å². The van der Waals surface area contributed by atoms with Crippen LogP contribution in [0.15, 0.2) is 61.2 Å². The highest BCUT2D eigenvalue weighted by Crippen LogP contribution is 2.16. The molecule has 0 bridgehead atoms. The first kappa shape index (κ1) is 15.3. The fourth-order valence-electron chi connectivity index (χ4n) is 1.99. The van der Waals surface area contributed by atoms with Crippen LogP contribution >= 0.6 is 0 Å². The van der Waals surface area contributed by atoms with E-state index in [4.69, 9.17) is 0 Å². The number of hydrogen-bond donors (Lipinski definition) is 1. The lowest BCUT2D eigenvalue weighted by molar-refractivity contribution is -0.384. The largest absolute Gasteiger partial charge is 0.323 e. The van der Waals surface area contributed by atoms with E-state index in [1.54, 1.807) is 49.1 Å². The summed E-state index contributed by atoms with van der Waals surface area (Å²) < 4.78 is 0. The molecule has 0 aliphatic carbocycles. The molecule has 3 rings (SSSR count).